The number of aromatic amines is 1. The zero-order valence-corrected chi connectivity index (χ0v) is 4.64. The van der Waals surface area contributed by atoms with Crippen LogP contribution in [-0.4, -0.2) is 10.2 Å². The van der Waals surface area contributed by atoms with Gasteiger partial charge in [0.1, 0.15) is 5.02 Å². The van der Waals surface area contributed by atoms with Crippen LogP contribution in [0.25, 0.3) is 0 Å². The molecule has 0 amide bonds. The molecule has 1 heterocycles. The van der Waals surface area contributed by atoms with Gasteiger partial charge in [0.2, 0.25) is 0 Å². The van der Waals surface area contributed by atoms with Gasteiger partial charge in [-0.1, -0.05) is 11.6 Å². The van der Waals surface area contributed by atoms with Gasteiger partial charge in [-0.25, -0.2) is 5.10 Å². The lowest BCUT2D eigenvalue weighted by Gasteiger charge is -1.80. The zero-order chi connectivity index (χ0) is 5.98. The summed E-state index contributed by atoms with van der Waals surface area (Å²) in [6.45, 7) is 0. The summed E-state index contributed by atoms with van der Waals surface area (Å²) in [5.74, 6) is 0. The van der Waals surface area contributed by atoms with E-state index in [1.54, 1.807) is 0 Å². The van der Waals surface area contributed by atoms with E-state index in [9.17, 15) is 4.79 Å². The van der Waals surface area contributed by atoms with Crippen LogP contribution in [0.15, 0.2) is 17.1 Å². The quantitative estimate of drug-likeness (QED) is 0.553. The van der Waals surface area contributed by atoms with Crippen molar-refractivity contribution in [1.29, 1.82) is 0 Å². The van der Waals surface area contributed by atoms with Crippen molar-refractivity contribution < 1.29 is 0 Å². The second-order valence-electron chi connectivity index (χ2n) is 1.23. The van der Waals surface area contributed by atoms with Crippen LogP contribution in [0.3, 0.4) is 0 Å². The highest BCUT2D eigenvalue weighted by Crippen LogP contribution is 1.93. The fourth-order valence-electron chi connectivity index (χ4n) is 0.328. The number of rotatable bonds is 0. The second kappa shape index (κ2) is 1.96. The van der Waals surface area contributed by atoms with Crippen molar-refractivity contribution in [1.82, 2.24) is 10.2 Å². The van der Waals surface area contributed by atoms with E-state index < -0.39 is 0 Å². The molecule has 0 fully saturated rings. The first-order chi connectivity index (χ1) is 3.80. The van der Waals surface area contributed by atoms with Crippen molar-refractivity contribution in [3.8, 4) is 0 Å². The van der Waals surface area contributed by atoms with E-state index in [2.05, 4.69) is 10.2 Å². The van der Waals surface area contributed by atoms with Crippen LogP contribution in [0.4, 0.5) is 0 Å². The fourth-order valence-corrected chi connectivity index (χ4v) is 0.426. The normalized spacial score (nSPS) is 9.12. The number of hydrogen-bond acceptors (Lipinski definition) is 2. The van der Waals surface area contributed by atoms with E-state index in [1.165, 1.54) is 12.3 Å². The third-order valence-electron chi connectivity index (χ3n) is 0.678. The lowest BCUT2D eigenvalue weighted by molar-refractivity contribution is 0.989. The number of nitrogens with zero attached hydrogens (tertiary/aromatic N) is 1. The maximum Gasteiger partial charge on any atom is 0.282 e. The highest BCUT2D eigenvalue weighted by molar-refractivity contribution is 6.30. The number of aromatic nitrogens is 2. The van der Waals surface area contributed by atoms with Crippen molar-refractivity contribution in [2.24, 2.45) is 0 Å². The first-order valence-electron chi connectivity index (χ1n) is 2.00. The lowest BCUT2D eigenvalue weighted by Crippen LogP contribution is -2.05. The first-order valence-corrected chi connectivity index (χ1v) is 2.37. The molecule has 0 aliphatic rings. The van der Waals surface area contributed by atoms with E-state index in [0.717, 1.165) is 0 Å². The Bertz CT molecular complexity index is 231. The van der Waals surface area contributed by atoms with Gasteiger partial charge >= 0.3 is 0 Å². The minimum absolute atomic E-state index is 0.167. The molecule has 0 radical (unpaired) electrons. The third kappa shape index (κ3) is 0.869. The van der Waals surface area contributed by atoms with E-state index in [1.807, 2.05) is 0 Å². The Hall–Kier alpha value is -0.830. The Morgan fingerprint density at radius 2 is 2.50 bits per heavy atom. The van der Waals surface area contributed by atoms with Crippen LogP contribution >= 0.6 is 11.6 Å². The van der Waals surface area contributed by atoms with Crippen molar-refractivity contribution >= 4 is 11.6 Å². The largest absolute Gasteiger partial charge is 0.282 e. The highest BCUT2D eigenvalue weighted by atomic mass is 35.5. The van der Waals surface area contributed by atoms with Crippen LogP contribution in [0.1, 0.15) is 0 Å². The number of halogens is 1. The maximum absolute atomic E-state index is 10.4. The minimum atomic E-state index is -0.353. The summed E-state index contributed by atoms with van der Waals surface area (Å²) < 4.78 is 0. The van der Waals surface area contributed by atoms with Gasteiger partial charge in [0.05, 0.1) is 0 Å². The highest BCUT2D eigenvalue weighted by Gasteiger charge is 1.87. The van der Waals surface area contributed by atoms with Gasteiger partial charge < -0.3 is 0 Å². The van der Waals surface area contributed by atoms with Crippen LogP contribution in [0, 0.1) is 0 Å². The van der Waals surface area contributed by atoms with Gasteiger partial charge in [-0.2, -0.15) is 5.10 Å². The van der Waals surface area contributed by atoms with Gasteiger partial charge in [0, 0.05) is 6.20 Å². The third-order valence-corrected chi connectivity index (χ3v) is 0.976. The Balaban J connectivity index is 3.35. The summed E-state index contributed by atoms with van der Waals surface area (Å²) in [5, 5.41) is 5.75. The number of hydrogen-bond donors (Lipinski definition) is 1. The SMILES string of the molecule is O=c1[nH]nccc1Cl. The molecule has 0 atom stereocenters. The molecule has 1 aromatic rings. The van der Waals surface area contributed by atoms with Crippen molar-refractivity contribution in [2.45, 2.75) is 0 Å². The monoisotopic (exact) mass is 130 g/mol. The molecule has 0 unspecified atom stereocenters. The van der Waals surface area contributed by atoms with Crippen LogP contribution in [0.5, 0.6) is 0 Å². The van der Waals surface area contributed by atoms with Crippen LogP contribution in [0.2, 0.25) is 5.02 Å². The summed E-state index contributed by atoms with van der Waals surface area (Å²) in [7, 11) is 0. The number of nitrogens with one attached hydrogen (secondary N) is 1. The van der Waals surface area contributed by atoms with E-state index >= 15 is 0 Å². The van der Waals surface area contributed by atoms with Crippen LogP contribution < -0.4 is 5.56 Å². The molecule has 0 spiro atoms. The molecule has 0 saturated heterocycles. The fraction of sp³-hybridized carbons (Fsp3) is 0. The molecule has 8 heavy (non-hydrogen) atoms. The second-order valence-corrected chi connectivity index (χ2v) is 1.64. The van der Waals surface area contributed by atoms with Gasteiger partial charge in [-0.3, -0.25) is 4.79 Å². The average Bonchev–Trinajstić information content (AvgIpc) is 1.77. The molecule has 4 heteroatoms. The van der Waals surface area contributed by atoms with Gasteiger partial charge in [0.25, 0.3) is 5.56 Å². The smallest absolute Gasteiger partial charge is 0.266 e. The predicted molar refractivity (Wildman–Crippen MR) is 29.9 cm³/mol. The van der Waals surface area contributed by atoms with Crippen LogP contribution in [-0.2, 0) is 0 Å². The summed E-state index contributed by atoms with van der Waals surface area (Å²) in [4.78, 5) is 10.4. The molecular formula is C4H3ClN2O. The van der Waals surface area contributed by atoms with Crippen molar-refractivity contribution in [3.05, 3.63) is 27.6 Å². The van der Waals surface area contributed by atoms with Gasteiger partial charge in [0.15, 0.2) is 0 Å². The molecule has 0 bridgehead atoms. The Morgan fingerprint density at radius 1 is 1.75 bits per heavy atom. The summed E-state index contributed by atoms with van der Waals surface area (Å²) in [5.41, 5.74) is -0.353. The summed E-state index contributed by atoms with van der Waals surface area (Å²) in [6.07, 6.45) is 1.42. The summed E-state index contributed by atoms with van der Waals surface area (Å²) >= 11 is 5.32. The lowest BCUT2D eigenvalue weighted by atomic mass is 10.6. The van der Waals surface area contributed by atoms with E-state index in [4.69, 9.17) is 11.6 Å². The maximum atomic E-state index is 10.4. The molecule has 3 nitrogen and oxygen atoms in total. The molecule has 1 aromatic heterocycles. The molecule has 0 aromatic carbocycles. The van der Waals surface area contributed by atoms with E-state index in [0.29, 0.717) is 0 Å². The van der Waals surface area contributed by atoms with Crippen molar-refractivity contribution in [3.63, 3.8) is 0 Å². The molecule has 1 N–H and O–H groups in total. The predicted octanol–water partition coefficient (Wildman–Crippen LogP) is 0.423. The average molecular weight is 131 g/mol. The standard InChI is InChI=1S/C4H3ClN2O/c5-3-1-2-6-7-4(3)8/h1-2H,(H,7,8). The van der Waals surface area contributed by atoms with Gasteiger partial charge in [-0.15, -0.1) is 0 Å². The molecule has 0 aliphatic carbocycles. The Kier molecular flexibility index (Phi) is 1.30. The first kappa shape index (κ1) is 5.31. The Labute approximate surface area is 50.3 Å². The topological polar surface area (TPSA) is 45.8 Å². The Morgan fingerprint density at radius 3 is 2.88 bits per heavy atom. The zero-order valence-electron chi connectivity index (χ0n) is 3.89. The van der Waals surface area contributed by atoms with Gasteiger partial charge in [-0.05, 0) is 6.07 Å². The molecule has 1 rings (SSSR count). The number of H-pyrrole nitrogens is 1. The minimum Gasteiger partial charge on any atom is -0.266 e. The summed E-state index contributed by atoms with van der Waals surface area (Å²) in [6, 6.07) is 1.43. The van der Waals surface area contributed by atoms with E-state index in [-0.39, 0.29) is 10.6 Å². The molecule has 42 valence electrons. The molecular weight excluding hydrogens is 128 g/mol. The molecule has 0 aliphatic heterocycles. The molecule has 0 saturated carbocycles. The van der Waals surface area contributed by atoms with Crippen molar-refractivity contribution in [2.75, 3.05) is 0 Å².